The van der Waals surface area contributed by atoms with Crippen molar-refractivity contribution in [3.05, 3.63) is 77.6 Å². The number of fused-ring (bicyclic) bond motifs is 1. The van der Waals surface area contributed by atoms with E-state index in [1.807, 2.05) is 17.0 Å². The van der Waals surface area contributed by atoms with E-state index < -0.39 is 11.8 Å². The highest BCUT2D eigenvalue weighted by Gasteiger charge is 2.25. The second kappa shape index (κ2) is 8.81. The van der Waals surface area contributed by atoms with Crippen LogP contribution in [0.1, 0.15) is 28.9 Å². The van der Waals surface area contributed by atoms with Gasteiger partial charge in [0.25, 0.3) is 0 Å². The molecule has 1 aliphatic heterocycles. The molecule has 0 saturated carbocycles. The first-order chi connectivity index (χ1) is 14.5. The predicted octanol–water partition coefficient (Wildman–Crippen LogP) is 4.23. The van der Waals surface area contributed by atoms with E-state index in [4.69, 9.17) is 4.74 Å². The van der Waals surface area contributed by atoms with Crippen LogP contribution in [0.3, 0.4) is 0 Å². The van der Waals surface area contributed by atoms with Gasteiger partial charge in [0, 0.05) is 25.7 Å². The molecule has 0 aromatic heterocycles. The first-order valence-corrected chi connectivity index (χ1v) is 10.1. The van der Waals surface area contributed by atoms with Crippen LogP contribution in [0.4, 0.5) is 10.1 Å². The Balaban J connectivity index is 1.43. The lowest BCUT2D eigenvalue weighted by Crippen LogP contribution is -2.47. The number of morpholine rings is 1. The third kappa shape index (κ3) is 4.15. The lowest BCUT2D eigenvalue weighted by molar-refractivity contribution is 0.0392. The second-order valence-corrected chi connectivity index (χ2v) is 7.58. The average Bonchev–Trinajstić information content (AvgIpc) is 2.77. The van der Waals surface area contributed by atoms with Crippen LogP contribution in [-0.2, 0) is 4.74 Å². The maximum atomic E-state index is 14.6. The van der Waals surface area contributed by atoms with Gasteiger partial charge in [-0.3, -0.25) is 0 Å². The highest BCUT2D eigenvalue weighted by Crippen LogP contribution is 2.26. The number of hydrogen-bond donors (Lipinski definition) is 2. The van der Waals surface area contributed by atoms with Crippen molar-refractivity contribution in [2.75, 3.05) is 31.1 Å². The van der Waals surface area contributed by atoms with Gasteiger partial charge >= 0.3 is 5.97 Å². The molecule has 0 aliphatic carbocycles. The van der Waals surface area contributed by atoms with E-state index in [0.717, 1.165) is 0 Å². The molecule has 30 heavy (non-hydrogen) atoms. The molecule has 2 N–H and O–H groups in total. The molecule has 2 atom stereocenters. The maximum absolute atomic E-state index is 14.6. The molecule has 1 fully saturated rings. The van der Waals surface area contributed by atoms with Crippen LogP contribution in [0.5, 0.6) is 0 Å². The van der Waals surface area contributed by atoms with E-state index in [2.05, 4.69) is 42.6 Å². The zero-order valence-corrected chi connectivity index (χ0v) is 16.8. The van der Waals surface area contributed by atoms with Crippen LogP contribution < -0.4 is 10.2 Å². The fourth-order valence-electron chi connectivity index (χ4n) is 4.04. The van der Waals surface area contributed by atoms with Crippen molar-refractivity contribution in [2.24, 2.45) is 0 Å². The van der Waals surface area contributed by atoms with Gasteiger partial charge in [-0.2, -0.15) is 0 Å². The molecule has 1 saturated heterocycles. The quantitative estimate of drug-likeness (QED) is 0.639. The molecule has 0 bridgehead atoms. The smallest absolute Gasteiger partial charge is 0.338 e. The highest BCUT2D eigenvalue weighted by molar-refractivity contribution is 5.89. The molecule has 4 rings (SSSR count). The van der Waals surface area contributed by atoms with Gasteiger partial charge in [0.2, 0.25) is 0 Å². The number of benzene rings is 3. The summed E-state index contributed by atoms with van der Waals surface area (Å²) in [6.07, 6.45) is -0.121. The number of anilines is 1. The van der Waals surface area contributed by atoms with Gasteiger partial charge in [-0.05, 0) is 35.4 Å². The molecule has 1 heterocycles. The monoisotopic (exact) mass is 408 g/mol. The Labute approximate surface area is 175 Å². The van der Waals surface area contributed by atoms with Gasteiger partial charge in [0.1, 0.15) is 0 Å². The Hall–Kier alpha value is -2.96. The SMILES string of the molecule is C[C@@H](NCC1CN(c2cccc(C(=O)O)c2F)CCO1)c1cccc2ccccc12. The van der Waals surface area contributed by atoms with Gasteiger partial charge in [-0.25, -0.2) is 9.18 Å². The summed E-state index contributed by atoms with van der Waals surface area (Å²) in [6.45, 7) is 4.22. The maximum Gasteiger partial charge on any atom is 0.338 e. The minimum atomic E-state index is -1.26. The number of hydrogen-bond acceptors (Lipinski definition) is 4. The fraction of sp³-hybridized carbons (Fsp3) is 0.292. The van der Waals surface area contributed by atoms with Crippen molar-refractivity contribution in [3.8, 4) is 0 Å². The lowest BCUT2D eigenvalue weighted by Gasteiger charge is -2.35. The van der Waals surface area contributed by atoms with Crippen molar-refractivity contribution < 1.29 is 19.0 Å². The van der Waals surface area contributed by atoms with Gasteiger partial charge in [-0.15, -0.1) is 0 Å². The van der Waals surface area contributed by atoms with Crippen molar-refractivity contribution >= 4 is 22.4 Å². The summed E-state index contributed by atoms with van der Waals surface area (Å²) in [6, 6.07) is 19.2. The fourth-order valence-corrected chi connectivity index (χ4v) is 4.04. The number of nitrogens with one attached hydrogen (secondary N) is 1. The Morgan fingerprint density at radius 3 is 2.80 bits per heavy atom. The number of rotatable bonds is 6. The van der Waals surface area contributed by atoms with Crippen LogP contribution in [0.2, 0.25) is 0 Å². The zero-order chi connectivity index (χ0) is 21.1. The minimum Gasteiger partial charge on any atom is -0.478 e. The summed E-state index contributed by atoms with van der Waals surface area (Å²) in [7, 11) is 0. The number of ether oxygens (including phenoxy) is 1. The Morgan fingerprint density at radius 1 is 1.20 bits per heavy atom. The third-order valence-corrected chi connectivity index (χ3v) is 5.63. The number of halogens is 1. The van der Waals surface area contributed by atoms with Gasteiger partial charge in [0.05, 0.1) is 24.0 Å². The Bertz CT molecular complexity index is 1050. The normalized spacial score (nSPS) is 17.8. The van der Waals surface area contributed by atoms with E-state index in [9.17, 15) is 14.3 Å². The first-order valence-electron chi connectivity index (χ1n) is 10.1. The summed E-state index contributed by atoms with van der Waals surface area (Å²) in [4.78, 5) is 13.1. The molecule has 5 nitrogen and oxygen atoms in total. The topological polar surface area (TPSA) is 61.8 Å². The Morgan fingerprint density at radius 2 is 1.97 bits per heavy atom. The molecular formula is C24H25FN2O3. The van der Waals surface area contributed by atoms with Crippen LogP contribution in [0.15, 0.2) is 60.7 Å². The van der Waals surface area contributed by atoms with Crippen molar-refractivity contribution in [1.82, 2.24) is 5.32 Å². The molecular weight excluding hydrogens is 383 g/mol. The first kappa shape index (κ1) is 20.3. The zero-order valence-electron chi connectivity index (χ0n) is 16.8. The van der Waals surface area contributed by atoms with E-state index in [-0.39, 0.29) is 17.7 Å². The summed E-state index contributed by atoms with van der Waals surface area (Å²) in [5.41, 5.74) is 1.23. The second-order valence-electron chi connectivity index (χ2n) is 7.58. The molecule has 1 unspecified atom stereocenters. The number of aromatic carboxylic acids is 1. The molecule has 0 spiro atoms. The van der Waals surface area contributed by atoms with Crippen LogP contribution in [-0.4, -0.2) is 43.4 Å². The van der Waals surface area contributed by atoms with Gasteiger partial charge < -0.3 is 20.1 Å². The van der Waals surface area contributed by atoms with Gasteiger partial charge in [0.15, 0.2) is 5.82 Å². The van der Waals surface area contributed by atoms with E-state index >= 15 is 0 Å². The number of carboxylic acid groups (broad SMARTS) is 1. The average molecular weight is 408 g/mol. The van der Waals surface area contributed by atoms with Crippen molar-refractivity contribution in [2.45, 2.75) is 19.1 Å². The van der Waals surface area contributed by atoms with Crippen LogP contribution >= 0.6 is 0 Å². The molecule has 0 amide bonds. The number of carbonyl (C=O) groups is 1. The highest BCUT2D eigenvalue weighted by atomic mass is 19.1. The molecule has 3 aromatic carbocycles. The standard InChI is InChI=1S/C24H25FN2O3/c1-16(19-9-4-7-17-6-2-3-8-20(17)19)26-14-18-15-27(12-13-30-18)22-11-5-10-21(23(22)25)24(28)29/h2-11,16,18,26H,12-15H2,1H3,(H,28,29)/t16-,18?/m1/s1. The molecule has 1 aliphatic rings. The van der Waals surface area contributed by atoms with E-state index in [1.165, 1.54) is 22.4 Å². The lowest BCUT2D eigenvalue weighted by atomic mass is 9.99. The summed E-state index contributed by atoms with van der Waals surface area (Å²) in [5.74, 6) is -1.95. The predicted molar refractivity (Wildman–Crippen MR) is 116 cm³/mol. The van der Waals surface area contributed by atoms with E-state index in [0.29, 0.717) is 31.9 Å². The largest absolute Gasteiger partial charge is 0.478 e. The Kier molecular flexibility index (Phi) is 5.97. The van der Waals surface area contributed by atoms with Crippen LogP contribution in [0, 0.1) is 5.82 Å². The minimum absolute atomic E-state index is 0.121. The van der Waals surface area contributed by atoms with Gasteiger partial charge in [-0.1, -0.05) is 48.5 Å². The molecule has 156 valence electrons. The number of carboxylic acids is 1. The van der Waals surface area contributed by atoms with Crippen molar-refractivity contribution in [1.29, 1.82) is 0 Å². The molecule has 0 radical (unpaired) electrons. The summed E-state index contributed by atoms with van der Waals surface area (Å²) in [5, 5.41) is 15.1. The third-order valence-electron chi connectivity index (χ3n) is 5.63. The molecule has 3 aromatic rings. The molecule has 6 heteroatoms. The van der Waals surface area contributed by atoms with E-state index in [1.54, 1.807) is 12.1 Å². The van der Waals surface area contributed by atoms with Crippen LogP contribution in [0.25, 0.3) is 10.8 Å². The summed E-state index contributed by atoms with van der Waals surface area (Å²) >= 11 is 0. The van der Waals surface area contributed by atoms with Crippen molar-refractivity contribution in [3.63, 3.8) is 0 Å². The number of nitrogens with zero attached hydrogens (tertiary/aromatic N) is 1. The summed E-state index contributed by atoms with van der Waals surface area (Å²) < 4.78 is 20.5.